The van der Waals surface area contributed by atoms with Crippen molar-refractivity contribution in [3.05, 3.63) is 51.2 Å². The Balaban J connectivity index is 2.51. The molecule has 0 saturated carbocycles. The predicted octanol–water partition coefficient (Wildman–Crippen LogP) is 3.60. The molecule has 0 aliphatic carbocycles. The van der Waals surface area contributed by atoms with Gasteiger partial charge in [0.1, 0.15) is 10.6 Å². The number of hydrogen-bond acceptors (Lipinski definition) is 3. The third-order valence-electron chi connectivity index (χ3n) is 2.76. The van der Waals surface area contributed by atoms with Crippen molar-refractivity contribution in [2.24, 2.45) is 0 Å². The molecule has 0 bridgehead atoms. The van der Waals surface area contributed by atoms with Gasteiger partial charge in [-0.2, -0.15) is 0 Å². The molecule has 0 amide bonds. The molecule has 1 aromatic carbocycles. The van der Waals surface area contributed by atoms with Gasteiger partial charge in [0, 0.05) is 5.56 Å². The average Bonchev–Trinajstić information content (AvgIpc) is 2.76. The van der Waals surface area contributed by atoms with Crippen molar-refractivity contribution < 1.29 is 9.53 Å². The highest BCUT2D eigenvalue weighted by atomic mass is 32.1. The van der Waals surface area contributed by atoms with E-state index in [2.05, 4.69) is 0 Å². The molecule has 0 N–H and O–H groups in total. The summed E-state index contributed by atoms with van der Waals surface area (Å²) >= 11 is 1.42. The van der Waals surface area contributed by atoms with E-state index in [0.717, 1.165) is 16.7 Å². The zero-order valence-corrected chi connectivity index (χ0v) is 10.9. The van der Waals surface area contributed by atoms with Gasteiger partial charge < -0.3 is 4.74 Å². The molecule has 1 aromatic heterocycles. The van der Waals surface area contributed by atoms with Gasteiger partial charge in [-0.1, -0.05) is 18.2 Å². The zero-order valence-electron chi connectivity index (χ0n) is 10.1. The Bertz CT molecular complexity index is 535. The minimum Gasteiger partial charge on any atom is -0.495 e. The third-order valence-corrected chi connectivity index (χ3v) is 3.66. The Morgan fingerprint density at radius 3 is 2.41 bits per heavy atom. The van der Waals surface area contributed by atoms with Crippen molar-refractivity contribution in [2.45, 2.75) is 13.8 Å². The molecule has 0 fully saturated rings. The third kappa shape index (κ3) is 2.11. The average molecular weight is 246 g/mol. The van der Waals surface area contributed by atoms with Gasteiger partial charge in [-0.25, -0.2) is 0 Å². The van der Waals surface area contributed by atoms with Gasteiger partial charge in [-0.15, -0.1) is 11.3 Å². The Labute approximate surface area is 105 Å². The second-order valence-corrected chi connectivity index (χ2v) is 4.83. The summed E-state index contributed by atoms with van der Waals surface area (Å²) in [4.78, 5) is 13.1. The molecule has 0 atom stereocenters. The van der Waals surface area contributed by atoms with Crippen LogP contribution in [-0.2, 0) is 0 Å². The van der Waals surface area contributed by atoms with E-state index in [1.807, 2.05) is 43.5 Å². The van der Waals surface area contributed by atoms with E-state index in [0.29, 0.717) is 10.6 Å². The lowest BCUT2D eigenvalue weighted by molar-refractivity contribution is 0.103. The first-order valence-corrected chi connectivity index (χ1v) is 6.25. The second-order valence-electron chi connectivity index (χ2n) is 3.91. The van der Waals surface area contributed by atoms with Gasteiger partial charge in [-0.05, 0) is 36.4 Å². The Morgan fingerprint density at radius 1 is 1.18 bits per heavy atom. The van der Waals surface area contributed by atoms with Crippen molar-refractivity contribution in [1.82, 2.24) is 0 Å². The van der Waals surface area contributed by atoms with Crippen LogP contribution in [0, 0.1) is 13.8 Å². The number of aryl methyl sites for hydroxylation is 2. The number of ketones is 1. The maximum Gasteiger partial charge on any atom is 0.207 e. The second kappa shape index (κ2) is 4.72. The highest BCUT2D eigenvalue weighted by Crippen LogP contribution is 2.29. The number of benzene rings is 1. The molecule has 0 radical (unpaired) electrons. The normalized spacial score (nSPS) is 10.3. The predicted molar refractivity (Wildman–Crippen MR) is 70.2 cm³/mol. The number of thiophene rings is 1. The van der Waals surface area contributed by atoms with E-state index in [9.17, 15) is 4.79 Å². The summed E-state index contributed by atoms with van der Waals surface area (Å²) in [7, 11) is 1.59. The molecule has 1 heterocycles. The molecule has 88 valence electrons. The number of ether oxygens (including phenoxy) is 1. The summed E-state index contributed by atoms with van der Waals surface area (Å²) in [5.41, 5.74) is 2.80. The SMILES string of the molecule is COc1ccsc1C(=O)c1c(C)cccc1C. The first-order valence-electron chi connectivity index (χ1n) is 5.37. The van der Waals surface area contributed by atoms with Crippen molar-refractivity contribution in [3.63, 3.8) is 0 Å². The van der Waals surface area contributed by atoms with Crippen LogP contribution in [0.4, 0.5) is 0 Å². The summed E-state index contributed by atoms with van der Waals surface area (Å²) in [6.07, 6.45) is 0. The topological polar surface area (TPSA) is 26.3 Å². The van der Waals surface area contributed by atoms with Gasteiger partial charge in [0.2, 0.25) is 5.78 Å². The molecule has 2 rings (SSSR count). The fourth-order valence-electron chi connectivity index (χ4n) is 1.91. The van der Waals surface area contributed by atoms with Gasteiger partial charge in [0.25, 0.3) is 0 Å². The number of hydrogen-bond donors (Lipinski definition) is 0. The zero-order chi connectivity index (χ0) is 12.4. The van der Waals surface area contributed by atoms with Crippen LogP contribution < -0.4 is 4.74 Å². The molecular weight excluding hydrogens is 232 g/mol. The van der Waals surface area contributed by atoms with Crippen LogP contribution in [0.15, 0.2) is 29.6 Å². The summed E-state index contributed by atoms with van der Waals surface area (Å²) in [5, 5.41) is 1.87. The number of rotatable bonds is 3. The van der Waals surface area contributed by atoms with Gasteiger partial charge in [-0.3, -0.25) is 4.79 Å². The molecule has 0 aliphatic heterocycles. The van der Waals surface area contributed by atoms with E-state index in [4.69, 9.17) is 4.74 Å². The van der Waals surface area contributed by atoms with E-state index >= 15 is 0 Å². The van der Waals surface area contributed by atoms with Crippen LogP contribution in [0.5, 0.6) is 5.75 Å². The lowest BCUT2D eigenvalue weighted by atomic mass is 9.98. The molecule has 0 aliphatic rings. The minimum absolute atomic E-state index is 0.0486. The van der Waals surface area contributed by atoms with Crippen molar-refractivity contribution in [2.75, 3.05) is 7.11 Å². The van der Waals surface area contributed by atoms with Crippen molar-refractivity contribution in [3.8, 4) is 5.75 Å². The fraction of sp³-hybridized carbons (Fsp3) is 0.214. The number of carbonyl (C=O) groups excluding carboxylic acids is 1. The summed E-state index contributed by atoms with van der Waals surface area (Å²) in [5.74, 6) is 0.704. The summed E-state index contributed by atoms with van der Waals surface area (Å²) in [6.45, 7) is 3.92. The van der Waals surface area contributed by atoms with E-state index in [1.165, 1.54) is 11.3 Å². The summed E-state index contributed by atoms with van der Waals surface area (Å²) in [6, 6.07) is 7.71. The smallest absolute Gasteiger partial charge is 0.207 e. The van der Waals surface area contributed by atoms with Gasteiger partial charge in [0.05, 0.1) is 7.11 Å². The van der Waals surface area contributed by atoms with Crippen LogP contribution in [-0.4, -0.2) is 12.9 Å². The molecule has 2 aromatic rings. The quantitative estimate of drug-likeness (QED) is 0.773. The molecule has 17 heavy (non-hydrogen) atoms. The maximum atomic E-state index is 12.5. The first kappa shape index (κ1) is 11.9. The lowest BCUT2D eigenvalue weighted by Gasteiger charge is -2.08. The Morgan fingerprint density at radius 2 is 1.82 bits per heavy atom. The van der Waals surface area contributed by atoms with Gasteiger partial charge in [0.15, 0.2) is 0 Å². The number of carbonyl (C=O) groups is 1. The van der Waals surface area contributed by atoms with Gasteiger partial charge >= 0.3 is 0 Å². The molecule has 0 spiro atoms. The maximum absolute atomic E-state index is 12.5. The molecule has 0 saturated heterocycles. The number of methoxy groups -OCH3 is 1. The van der Waals surface area contributed by atoms with Crippen molar-refractivity contribution >= 4 is 17.1 Å². The molecule has 0 unspecified atom stereocenters. The van der Waals surface area contributed by atoms with E-state index in [-0.39, 0.29) is 5.78 Å². The monoisotopic (exact) mass is 246 g/mol. The Kier molecular flexibility index (Phi) is 3.29. The Hall–Kier alpha value is -1.61. The fourth-order valence-corrected chi connectivity index (χ4v) is 2.71. The van der Waals surface area contributed by atoms with Crippen LogP contribution >= 0.6 is 11.3 Å². The minimum atomic E-state index is 0.0486. The highest BCUT2D eigenvalue weighted by molar-refractivity contribution is 7.12. The van der Waals surface area contributed by atoms with Crippen LogP contribution in [0.2, 0.25) is 0 Å². The van der Waals surface area contributed by atoms with Crippen molar-refractivity contribution in [1.29, 1.82) is 0 Å². The van der Waals surface area contributed by atoms with Crippen LogP contribution in [0.25, 0.3) is 0 Å². The molecular formula is C14H14O2S. The highest BCUT2D eigenvalue weighted by Gasteiger charge is 2.19. The van der Waals surface area contributed by atoms with E-state index in [1.54, 1.807) is 7.11 Å². The van der Waals surface area contributed by atoms with Crippen LogP contribution in [0.1, 0.15) is 26.4 Å². The van der Waals surface area contributed by atoms with E-state index < -0.39 is 0 Å². The molecule has 3 heteroatoms. The van der Waals surface area contributed by atoms with Crippen LogP contribution in [0.3, 0.4) is 0 Å². The lowest BCUT2D eigenvalue weighted by Crippen LogP contribution is -2.05. The largest absolute Gasteiger partial charge is 0.495 e. The first-order chi connectivity index (χ1) is 8.15. The standard InChI is InChI=1S/C14H14O2S/c1-9-5-4-6-10(2)12(9)13(15)14-11(16-3)7-8-17-14/h4-8H,1-3H3. The molecule has 2 nitrogen and oxygen atoms in total. The summed E-state index contributed by atoms with van der Waals surface area (Å²) < 4.78 is 5.20.